The Morgan fingerprint density at radius 2 is 1.89 bits per heavy atom. The highest BCUT2D eigenvalue weighted by atomic mass is 16.5. The maximum absolute atomic E-state index is 10.4. The molecule has 0 saturated carbocycles. The first-order chi connectivity index (χ1) is 4.09. The zero-order chi connectivity index (χ0) is 7.44. The summed E-state index contributed by atoms with van der Waals surface area (Å²) >= 11 is 0. The maximum Gasteiger partial charge on any atom is 0.415 e. The van der Waals surface area contributed by atoms with Crippen LogP contribution in [0.25, 0.3) is 0 Å². The highest BCUT2D eigenvalue weighted by molar-refractivity contribution is 5.89. The van der Waals surface area contributed by atoms with E-state index in [0.29, 0.717) is 0 Å². The number of carbonyl (C=O) groups is 2. The van der Waals surface area contributed by atoms with Gasteiger partial charge in [0.05, 0.1) is 7.11 Å². The van der Waals surface area contributed by atoms with Crippen LogP contribution < -0.4 is 0 Å². The van der Waals surface area contributed by atoms with E-state index in [4.69, 9.17) is 0 Å². The molecule has 0 fully saturated rings. The van der Waals surface area contributed by atoms with Gasteiger partial charge in [-0.05, 0) is 0 Å². The standard InChI is InChI=1S/C5H9NO3/c1-4(7)6(2)5(8)9-3/h1-3H3. The predicted octanol–water partition coefficient (Wildman–Crippen LogP) is 0.231. The second kappa shape index (κ2) is 3.06. The van der Waals surface area contributed by atoms with Crippen molar-refractivity contribution < 1.29 is 14.3 Å². The molecular weight excluding hydrogens is 122 g/mol. The molecule has 0 aromatic heterocycles. The van der Waals surface area contributed by atoms with E-state index >= 15 is 0 Å². The molecule has 0 saturated heterocycles. The van der Waals surface area contributed by atoms with Crippen molar-refractivity contribution in [2.75, 3.05) is 14.2 Å². The molecule has 0 aliphatic carbocycles. The van der Waals surface area contributed by atoms with Gasteiger partial charge in [-0.3, -0.25) is 9.69 Å². The van der Waals surface area contributed by atoms with Gasteiger partial charge in [-0.2, -0.15) is 0 Å². The topological polar surface area (TPSA) is 46.6 Å². The van der Waals surface area contributed by atoms with Crippen LogP contribution in [0.15, 0.2) is 0 Å². The smallest absolute Gasteiger partial charge is 0.415 e. The highest BCUT2D eigenvalue weighted by Crippen LogP contribution is 1.86. The van der Waals surface area contributed by atoms with Crippen molar-refractivity contribution in [3.05, 3.63) is 0 Å². The average Bonchev–Trinajstić information content (AvgIpc) is 1.84. The molecular formula is C5H9NO3. The van der Waals surface area contributed by atoms with Crippen LogP contribution in [0.5, 0.6) is 0 Å². The SMILES string of the molecule is COC(=O)N(C)C(C)=O. The Labute approximate surface area is 53.4 Å². The van der Waals surface area contributed by atoms with Gasteiger partial charge in [0.1, 0.15) is 0 Å². The van der Waals surface area contributed by atoms with Crippen LogP contribution in [0.2, 0.25) is 0 Å². The van der Waals surface area contributed by atoms with E-state index in [0.717, 1.165) is 4.90 Å². The molecule has 0 unspecified atom stereocenters. The Morgan fingerprint density at radius 3 is 2.00 bits per heavy atom. The minimum Gasteiger partial charge on any atom is -0.452 e. The molecule has 4 nitrogen and oxygen atoms in total. The fourth-order valence-corrected chi connectivity index (χ4v) is 0.265. The Morgan fingerprint density at radius 1 is 1.44 bits per heavy atom. The van der Waals surface area contributed by atoms with Crippen molar-refractivity contribution >= 4 is 12.0 Å². The van der Waals surface area contributed by atoms with Crippen molar-refractivity contribution in [3.63, 3.8) is 0 Å². The van der Waals surface area contributed by atoms with Gasteiger partial charge in [-0.25, -0.2) is 4.79 Å². The van der Waals surface area contributed by atoms with Gasteiger partial charge in [0, 0.05) is 14.0 Å². The van der Waals surface area contributed by atoms with Crippen molar-refractivity contribution in [2.24, 2.45) is 0 Å². The normalized spacial score (nSPS) is 8.33. The largest absolute Gasteiger partial charge is 0.452 e. The van der Waals surface area contributed by atoms with Gasteiger partial charge in [0.25, 0.3) is 0 Å². The number of hydrogen-bond acceptors (Lipinski definition) is 3. The summed E-state index contributed by atoms with van der Waals surface area (Å²) in [6.45, 7) is 1.29. The lowest BCUT2D eigenvalue weighted by atomic mass is 10.6. The molecule has 0 aromatic carbocycles. The van der Waals surface area contributed by atoms with Gasteiger partial charge in [-0.1, -0.05) is 0 Å². The average molecular weight is 131 g/mol. The number of methoxy groups -OCH3 is 1. The number of hydrogen-bond donors (Lipinski definition) is 0. The lowest BCUT2D eigenvalue weighted by molar-refractivity contribution is -0.125. The summed E-state index contributed by atoms with van der Waals surface area (Å²) in [5.41, 5.74) is 0. The Balaban J connectivity index is 3.88. The third-order valence-corrected chi connectivity index (χ3v) is 0.921. The van der Waals surface area contributed by atoms with E-state index in [1.807, 2.05) is 0 Å². The predicted molar refractivity (Wildman–Crippen MR) is 30.8 cm³/mol. The minimum absolute atomic E-state index is 0.332. The van der Waals surface area contributed by atoms with E-state index in [-0.39, 0.29) is 5.91 Å². The molecule has 0 N–H and O–H groups in total. The number of imide groups is 1. The molecule has 0 aliphatic heterocycles. The highest BCUT2D eigenvalue weighted by Gasteiger charge is 2.10. The second-order valence-corrected chi connectivity index (χ2v) is 1.55. The molecule has 0 radical (unpaired) electrons. The van der Waals surface area contributed by atoms with Crippen LogP contribution >= 0.6 is 0 Å². The summed E-state index contributed by atoms with van der Waals surface area (Å²) in [4.78, 5) is 21.7. The fraction of sp³-hybridized carbons (Fsp3) is 0.600. The summed E-state index contributed by atoms with van der Waals surface area (Å²) in [5, 5.41) is 0. The van der Waals surface area contributed by atoms with Gasteiger partial charge in [-0.15, -0.1) is 0 Å². The molecule has 0 rings (SSSR count). The quantitative estimate of drug-likeness (QED) is 0.472. The number of ether oxygens (including phenoxy) is 1. The van der Waals surface area contributed by atoms with Crippen LogP contribution in [0.1, 0.15) is 6.92 Å². The molecule has 9 heavy (non-hydrogen) atoms. The molecule has 0 aromatic rings. The van der Waals surface area contributed by atoms with Crippen molar-refractivity contribution in [1.82, 2.24) is 4.90 Å². The number of rotatable bonds is 0. The van der Waals surface area contributed by atoms with Gasteiger partial charge < -0.3 is 4.74 Å². The summed E-state index contributed by atoms with van der Waals surface area (Å²) < 4.78 is 4.24. The van der Waals surface area contributed by atoms with E-state index in [1.54, 1.807) is 0 Å². The van der Waals surface area contributed by atoms with Crippen LogP contribution in [-0.2, 0) is 9.53 Å². The summed E-state index contributed by atoms with van der Waals surface area (Å²) in [6, 6.07) is 0. The van der Waals surface area contributed by atoms with Gasteiger partial charge in [0.15, 0.2) is 0 Å². The van der Waals surface area contributed by atoms with E-state index in [9.17, 15) is 9.59 Å². The molecule has 0 heterocycles. The summed E-state index contributed by atoms with van der Waals surface area (Å²) in [6.07, 6.45) is -0.637. The molecule has 4 heteroatoms. The van der Waals surface area contributed by atoms with Gasteiger partial charge >= 0.3 is 6.09 Å². The van der Waals surface area contributed by atoms with Crippen LogP contribution in [-0.4, -0.2) is 31.1 Å². The molecule has 52 valence electrons. The fourth-order valence-electron chi connectivity index (χ4n) is 0.265. The van der Waals surface area contributed by atoms with E-state index in [2.05, 4.69) is 4.74 Å². The summed E-state index contributed by atoms with van der Waals surface area (Å²) in [7, 11) is 2.58. The van der Waals surface area contributed by atoms with Crippen molar-refractivity contribution in [2.45, 2.75) is 6.92 Å². The minimum atomic E-state index is -0.637. The first-order valence-corrected chi connectivity index (χ1v) is 2.42. The Bertz CT molecular complexity index is 132. The Hall–Kier alpha value is -1.06. The first-order valence-electron chi connectivity index (χ1n) is 2.42. The number of nitrogens with zero attached hydrogens (tertiary/aromatic N) is 1. The maximum atomic E-state index is 10.4. The third-order valence-electron chi connectivity index (χ3n) is 0.921. The van der Waals surface area contributed by atoms with Crippen LogP contribution in [0.4, 0.5) is 4.79 Å². The zero-order valence-corrected chi connectivity index (χ0v) is 5.67. The molecule has 0 bridgehead atoms. The van der Waals surface area contributed by atoms with Gasteiger partial charge in [0.2, 0.25) is 5.91 Å². The zero-order valence-electron chi connectivity index (χ0n) is 5.67. The second-order valence-electron chi connectivity index (χ2n) is 1.55. The summed E-state index contributed by atoms with van der Waals surface area (Å²) in [5.74, 6) is -0.332. The van der Waals surface area contributed by atoms with E-state index in [1.165, 1.54) is 21.1 Å². The lowest BCUT2D eigenvalue weighted by Gasteiger charge is -2.09. The molecule has 2 amide bonds. The van der Waals surface area contributed by atoms with Crippen LogP contribution in [0.3, 0.4) is 0 Å². The lowest BCUT2D eigenvalue weighted by Crippen LogP contribution is -2.30. The first kappa shape index (κ1) is 7.94. The van der Waals surface area contributed by atoms with Crippen molar-refractivity contribution in [1.29, 1.82) is 0 Å². The number of carbonyl (C=O) groups excluding carboxylic acids is 2. The third kappa shape index (κ3) is 2.12. The molecule has 0 atom stereocenters. The Kier molecular flexibility index (Phi) is 2.70. The van der Waals surface area contributed by atoms with Crippen molar-refractivity contribution in [3.8, 4) is 0 Å². The number of amides is 2. The van der Waals surface area contributed by atoms with E-state index < -0.39 is 6.09 Å². The molecule has 0 aliphatic rings. The monoisotopic (exact) mass is 131 g/mol. The molecule has 0 spiro atoms. The van der Waals surface area contributed by atoms with Crippen LogP contribution in [0, 0.1) is 0 Å².